The van der Waals surface area contributed by atoms with Crippen molar-refractivity contribution in [3.63, 3.8) is 0 Å². The largest absolute Gasteiger partial charge is 0.405 e. The van der Waals surface area contributed by atoms with Crippen molar-refractivity contribution < 1.29 is 23.4 Å². The molecular formula is C20H23F3N6O2S. The lowest BCUT2D eigenvalue weighted by molar-refractivity contribution is -0.115. The van der Waals surface area contributed by atoms with Gasteiger partial charge in [0.15, 0.2) is 0 Å². The number of hydrogen-bond acceptors (Lipinski definition) is 9. The Morgan fingerprint density at radius 1 is 1.19 bits per heavy atom. The first-order chi connectivity index (χ1) is 15.0. The lowest BCUT2D eigenvalue weighted by Gasteiger charge is -2.30. The lowest BCUT2D eigenvalue weighted by Crippen LogP contribution is -2.47. The minimum atomic E-state index is -4.43. The molecule has 3 aromatic rings. The molecule has 1 aliphatic rings. The van der Waals surface area contributed by atoms with E-state index < -0.39 is 30.5 Å². The third-order valence-electron chi connectivity index (χ3n) is 5.66. The number of hydrogen-bond donors (Lipinski definition) is 4. The Bertz CT molecular complexity index is 1150. The highest BCUT2D eigenvalue weighted by Gasteiger charge is 2.45. The summed E-state index contributed by atoms with van der Waals surface area (Å²) in [4.78, 5) is 17.4. The molecule has 3 heterocycles. The van der Waals surface area contributed by atoms with Gasteiger partial charge in [0, 0.05) is 6.20 Å². The Morgan fingerprint density at radius 2 is 1.94 bits per heavy atom. The Hall–Kier alpha value is -2.57. The van der Waals surface area contributed by atoms with Crippen molar-refractivity contribution in [2.75, 3.05) is 17.2 Å². The molecule has 0 radical (unpaired) electrons. The first-order valence-corrected chi connectivity index (χ1v) is 10.9. The standard InChI is InChI=1S/C20H23F3N6O2S/c1-9-14(17-28-15-10(2)24-7-6-11(15)32-17)16(27-12-4-5-13(30)19(12,3)31)29-18(26-9)25-8-20(21,22)23/h6-7,12-13,30-31H,4-5,8H2,1-3H3,(H2,25,26,27,29)/t12-,13-,19+/m1/s1. The minimum Gasteiger partial charge on any atom is -0.390 e. The predicted octanol–water partition coefficient (Wildman–Crippen LogP) is 3.43. The number of halogens is 3. The fraction of sp³-hybridized carbons (Fsp3) is 0.500. The Balaban J connectivity index is 1.79. The predicted molar refractivity (Wildman–Crippen MR) is 116 cm³/mol. The highest BCUT2D eigenvalue weighted by Crippen LogP contribution is 2.39. The fourth-order valence-electron chi connectivity index (χ4n) is 3.81. The van der Waals surface area contributed by atoms with Crippen LogP contribution in [0.1, 0.15) is 31.2 Å². The van der Waals surface area contributed by atoms with Crippen LogP contribution in [0.5, 0.6) is 0 Å². The highest BCUT2D eigenvalue weighted by atomic mass is 32.1. The van der Waals surface area contributed by atoms with E-state index in [0.29, 0.717) is 29.1 Å². The van der Waals surface area contributed by atoms with Crippen LogP contribution in [0.25, 0.3) is 20.8 Å². The summed E-state index contributed by atoms with van der Waals surface area (Å²) in [6, 6.07) is 1.28. The maximum Gasteiger partial charge on any atom is 0.405 e. The van der Waals surface area contributed by atoms with Crippen molar-refractivity contribution in [3.05, 3.63) is 23.7 Å². The SMILES string of the molecule is Cc1nc(NCC(F)(F)F)nc(N[C@@H]2CC[C@@H](O)[C@@]2(C)O)c1-c1nc2c(C)nccc2s1. The van der Waals surface area contributed by atoms with Crippen LogP contribution in [-0.4, -0.2) is 60.6 Å². The zero-order chi connectivity index (χ0) is 23.3. The average Bonchev–Trinajstić information content (AvgIpc) is 3.23. The molecule has 1 aliphatic carbocycles. The Morgan fingerprint density at radius 3 is 2.56 bits per heavy atom. The van der Waals surface area contributed by atoms with Crippen LogP contribution in [-0.2, 0) is 0 Å². The molecule has 0 spiro atoms. The van der Waals surface area contributed by atoms with Gasteiger partial charge in [-0.2, -0.15) is 18.2 Å². The second-order valence-corrected chi connectivity index (χ2v) is 9.13. The van der Waals surface area contributed by atoms with Gasteiger partial charge in [-0.1, -0.05) is 0 Å². The van der Waals surface area contributed by atoms with Gasteiger partial charge in [-0.3, -0.25) is 4.98 Å². The number of aliphatic hydroxyl groups is 2. The van der Waals surface area contributed by atoms with Gasteiger partial charge in [-0.05, 0) is 39.7 Å². The fourth-order valence-corrected chi connectivity index (χ4v) is 4.92. The molecule has 0 aromatic carbocycles. The first-order valence-electron chi connectivity index (χ1n) is 10.0. The van der Waals surface area contributed by atoms with Crippen LogP contribution in [0.4, 0.5) is 24.9 Å². The van der Waals surface area contributed by atoms with E-state index in [1.807, 2.05) is 13.0 Å². The lowest BCUT2D eigenvalue weighted by atomic mass is 9.98. The summed E-state index contributed by atoms with van der Waals surface area (Å²) in [5.41, 5.74) is 1.00. The van der Waals surface area contributed by atoms with E-state index in [1.54, 1.807) is 13.1 Å². The third-order valence-corrected chi connectivity index (χ3v) is 6.70. The van der Waals surface area contributed by atoms with Crippen molar-refractivity contribution in [1.82, 2.24) is 19.9 Å². The maximum atomic E-state index is 12.7. The quantitative estimate of drug-likeness (QED) is 0.450. The Labute approximate surface area is 186 Å². The number of pyridine rings is 1. The summed E-state index contributed by atoms with van der Waals surface area (Å²) < 4.78 is 39.0. The molecule has 12 heteroatoms. The summed E-state index contributed by atoms with van der Waals surface area (Å²) in [5.74, 6) is 0.0504. The van der Waals surface area contributed by atoms with Crippen molar-refractivity contribution in [2.45, 2.75) is 57.5 Å². The number of nitrogens with zero attached hydrogens (tertiary/aromatic N) is 4. The molecule has 0 amide bonds. The molecule has 4 rings (SSSR count). The number of aromatic nitrogens is 4. The van der Waals surface area contributed by atoms with E-state index in [1.165, 1.54) is 18.3 Å². The van der Waals surface area contributed by atoms with Crippen molar-refractivity contribution >= 4 is 33.3 Å². The van der Waals surface area contributed by atoms with Gasteiger partial charge in [0.2, 0.25) is 5.95 Å². The summed E-state index contributed by atoms with van der Waals surface area (Å²) in [6.07, 6.45) is -2.82. The van der Waals surface area contributed by atoms with Gasteiger partial charge >= 0.3 is 6.18 Å². The van der Waals surface area contributed by atoms with Crippen LogP contribution in [0.2, 0.25) is 0 Å². The molecule has 0 saturated heterocycles. The van der Waals surface area contributed by atoms with E-state index in [2.05, 4.69) is 30.6 Å². The van der Waals surface area contributed by atoms with Crippen LogP contribution in [0.15, 0.2) is 12.3 Å². The summed E-state index contributed by atoms with van der Waals surface area (Å²) >= 11 is 1.39. The van der Waals surface area contributed by atoms with Gasteiger partial charge in [-0.15, -0.1) is 11.3 Å². The van der Waals surface area contributed by atoms with Gasteiger partial charge in [0.05, 0.1) is 33.8 Å². The molecule has 3 aromatic heterocycles. The first kappa shape index (κ1) is 22.6. The summed E-state index contributed by atoms with van der Waals surface area (Å²) in [7, 11) is 0. The summed E-state index contributed by atoms with van der Waals surface area (Å²) in [6.45, 7) is 3.75. The molecule has 3 atom stereocenters. The zero-order valence-corrected chi connectivity index (χ0v) is 18.5. The molecule has 1 fully saturated rings. The second-order valence-electron chi connectivity index (χ2n) is 8.10. The normalized spacial score (nSPS) is 23.6. The van der Waals surface area contributed by atoms with E-state index >= 15 is 0 Å². The number of anilines is 2. The van der Waals surface area contributed by atoms with Gasteiger partial charge in [-0.25, -0.2) is 9.97 Å². The average molecular weight is 469 g/mol. The molecular weight excluding hydrogens is 445 g/mol. The van der Waals surface area contributed by atoms with Crippen LogP contribution in [0.3, 0.4) is 0 Å². The smallest absolute Gasteiger partial charge is 0.390 e. The molecule has 32 heavy (non-hydrogen) atoms. The van der Waals surface area contributed by atoms with Crippen LogP contribution < -0.4 is 10.6 Å². The molecule has 1 saturated carbocycles. The number of aliphatic hydroxyl groups excluding tert-OH is 1. The molecule has 0 unspecified atom stereocenters. The van der Waals surface area contributed by atoms with Gasteiger partial charge < -0.3 is 20.8 Å². The maximum absolute atomic E-state index is 12.7. The van der Waals surface area contributed by atoms with Crippen molar-refractivity contribution in [2.24, 2.45) is 0 Å². The van der Waals surface area contributed by atoms with Crippen LogP contribution in [0, 0.1) is 13.8 Å². The van der Waals surface area contributed by atoms with E-state index in [-0.39, 0.29) is 11.8 Å². The molecule has 172 valence electrons. The number of nitrogens with one attached hydrogen (secondary N) is 2. The van der Waals surface area contributed by atoms with E-state index in [0.717, 1.165) is 15.9 Å². The molecule has 4 N–H and O–H groups in total. The van der Waals surface area contributed by atoms with Crippen LogP contribution >= 0.6 is 11.3 Å². The van der Waals surface area contributed by atoms with Gasteiger partial charge in [0.1, 0.15) is 28.5 Å². The number of rotatable bonds is 5. The topological polar surface area (TPSA) is 116 Å². The number of alkyl halides is 3. The van der Waals surface area contributed by atoms with E-state index in [4.69, 9.17) is 0 Å². The highest BCUT2D eigenvalue weighted by molar-refractivity contribution is 7.21. The Kier molecular flexibility index (Phi) is 5.72. The minimum absolute atomic E-state index is 0.191. The van der Waals surface area contributed by atoms with Crippen molar-refractivity contribution in [1.29, 1.82) is 0 Å². The monoisotopic (exact) mass is 468 g/mol. The number of fused-ring (bicyclic) bond motifs is 1. The van der Waals surface area contributed by atoms with E-state index in [9.17, 15) is 23.4 Å². The van der Waals surface area contributed by atoms with Gasteiger partial charge in [0.25, 0.3) is 0 Å². The summed E-state index contributed by atoms with van der Waals surface area (Å²) in [5, 5.41) is 26.7. The third kappa shape index (κ3) is 4.34. The van der Waals surface area contributed by atoms with Crippen molar-refractivity contribution in [3.8, 4) is 10.6 Å². The molecule has 0 aliphatic heterocycles. The number of thiazole rings is 1. The number of aryl methyl sites for hydroxylation is 2. The molecule has 8 nitrogen and oxygen atoms in total. The zero-order valence-electron chi connectivity index (χ0n) is 17.7. The second kappa shape index (κ2) is 8.09. The molecule has 0 bridgehead atoms.